The second-order valence-electron chi connectivity index (χ2n) is 6.70. The second-order valence-corrected chi connectivity index (χ2v) is 7.81. The second kappa shape index (κ2) is 7.89. The lowest BCUT2D eigenvalue weighted by Gasteiger charge is -2.11. The van der Waals surface area contributed by atoms with Crippen LogP contribution in [0.1, 0.15) is 5.56 Å². The van der Waals surface area contributed by atoms with Crippen LogP contribution in [0.3, 0.4) is 0 Å². The summed E-state index contributed by atoms with van der Waals surface area (Å²) in [4.78, 5) is 14.4. The molecule has 0 bridgehead atoms. The quantitative estimate of drug-likeness (QED) is 0.473. The van der Waals surface area contributed by atoms with Gasteiger partial charge < -0.3 is 5.32 Å². The summed E-state index contributed by atoms with van der Waals surface area (Å²) in [6, 6.07) is 22.7. The number of hydrogen-bond donors (Lipinski definition) is 1. The molecule has 0 fully saturated rings. The van der Waals surface area contributed by atoms with Gasteiger partial charge in [0.1, 0.15) is 0 Å². The predicted octanol–water partition coefficient (Wildman–Crippen LogP) is 5.85. The fraction of sp³-hybridized carbons (Fsp3) is 0.0417. The first-order valence-corrected chi connectivity index (χ1v) is 10.2. The Bertz CT molecular complexity index is 1230. The van der Waals surface area contributed by atoms with Gasteiger partial charge in [-0.15, -0.1) is 0 Å². The van der Waals surface area contributed by atoms with Gasteiger partial charge in [-0.05, 0) is 53.6 Å². The third-order valence-corrected chi connectivity index (χ3v) is 5.65. The first-order valence-electron chi connectivity index (χ1n) is 9.39. The van der Waals surface area contributed by atoms with E-state index < -0.39 is 0 Å². The summed E-state index contributed by atoms with van der Waals surface area (Å²) >= 11 is 1.68. The molecule has 29 heavy (non-hydrogen) atoms. The number of benzene rings is 2. The standard InChI is InChI=1S/C24H18N4S/c1-2-6-23(21(5-1)18-9-12-25-13-10-18)28-24-27-16-20(29-24)15-17-7-8-22-19(14-17)4-3-11-26-22/h1-15H,16H2,(H,27,28)/b20-15-. The van der Waals surface area contributed by atoms with Gasteiger partial charge in [-0.1, -0.05) is 42.1 Å². The van der Waals surface area contributed by atoms with Crippen molar-refractivity contribution in [3.63, 3.8) is 0 Å². The number of para-hydroxylation sites is 1. The highest BCUT2D eigenvalue weighted by Gasteiger charge is 2.15. The molecule has 5 heteroatoms. The lowest BCUT2D eigenvalue weighted by molar-refractivity contribution is 1.26. The van der Waals surface area contributed by atoms with Crippen LogP contribution < -0.4 is 5.32 Å². The van der Waals surface area contributed by atoms with E-state index in [2.05, 4.69) is 62.8 Å². The van der Waals surface area contributed by atoms with Crippen LogP contribution in [0, 0.1) is 0 Å². The van der Waals surface area contributed by atoms with Crippen molar-refractivity contribution in [2.75, 3.05) is 11.9 Å². The van der Waals surface area contributed by atoms with E-state index in [0.717, 1.165) is 32.9 Å². The highest BCUT2D eigenvalue weighted by molar-refractivity contribution is 8.17. The molecule has 1 aliphatic heterocycles. The highest BCUT2D eigenvalue weighted by atomic mass is 32.2. The summed E-state index contributed by atoms with van der Waals surface area (Å²) in [6.07, 6.45) is 7.65. The minimum atomic E-state index is 0.690. The molecule has 0 unspecified atom stereocenters. The van der Waals surface area contributed by atoms with Crippen LogP contribution in [-0.2, 0) is 0 Å². The van der Waals surface area contributed by atoms with Crippen LogP contribution in [0.15, 0.2) is 95.2 Å². The molecule has 0 saturated heterocycles. The molecule has 140 valence electrons. The Balaban J connectivity index is 1.34. The molecule has 2 aromatic carbocycles. The number of thioether (sulfide) groups is 1. The van der Waals surface area contributed by atoms with Crippen molar-refractivity contribution < 1.29 is 0 Å². The molecule has 0 radical (unpaired) electrons. The van der Waals surface area contributed by atoms with E-state index >= 15 is 0 Å². The van der Waals surface area contributed by atoms with Gasteiger partial charge >= 0.3 is 0 Å². The molecule has 3 heterocycles. The molecule has 0 saturated carbocycles. The number of nitrogens with zero attached hydrogens (tertiary/aromatic N) is 3. The molecule has 0 aliphatic carbocycles. The van der Waals surface area contributed by atoms with Crippen molar-refractivity contribution in [1.82, 2.24) is 9.97 Å². The third kappa shape index (κ3) is 3.91. The molecule has 4 nitrogen and oxygen atoms in total. The zero-order valence-corrected chi connectivity index (χ0v) is 16.4. The molecular weight excluding hydrogens is 376 g/mol. The number of rotatable bonds is 3. The van der Waals surface area contributed by atoms with Gasteiger partial charge in [-0.25, -0.2) is 0 Å². The van der Waals surface area contributed by atoms with Crippen molar-refractivity contribution in [3.05, 3.63) is 95.8 Å². The smallest absolute Gasteiger partial charge is 0.166 e. The summed E-state index contributed by atoms with van der Waals surface area (Å²) < 4.78 is 0. The number of amidine groups is 1. The maximum atomic E-state index is 4.68. The third-order valence-electron chi connectivity index (χ3n) is 4.72. The minimum absolute atomic E-state index is 0.690. The molecule has 1 N–H and O–H groups in total. The van der Waals surface area contributed by atoms with Crippen molar-refractivity contribution in [2.45, 2.75) is 0 Å². The fourth-order valence-electron chi connectivity index (χ4n) is 3.34. The Hall–Kier alpha value is -3.44. The first-order chi connectivity index (χ1) is 14.3. The van der Waals surface area contributed by atoms with Gasteiger partial charge in [0.15, 0.2) is 5.17 Å². The van der Waals surface area contributed by atoms with Gasteiger partial charge in [0.25, 0.3) is 0 Å². The maximum absolute atomic E-state index is 4.68. The summed E-state index contributed by atoms with van der Waals surface area (Å²) in [6.45, 7) is 0.690. The lowest BCUT2D eigenvalue weighted by Crippen LogP contribution is -2.05. The summed E-state index contributed by atoms with van der Waals surface area (Å²) in [5, 5.41) is 5.56. The van der Waals surface area contributed by atoms with E-state index in [1.807, 2.05) is 48.9 Å². The zero-order chi connectivity index (χ0) is 19.5. The van der Waals surface area contributed by atoms with Crippen molar-refractivity contribution in [3.8, 4) is 11.1 Å². The van der Waals surface area contributed by atoms with Gasteiger partial charge in [0, 0.05) is 40.1 Å². The number of hydrogen-bond acceptors (Lipinski definition) is 5. The summed E-state index contributed by atoms with van der Waals surface area (Å²) in [7, 11) is 0. The van der Waals surface area contributed by atoms with Crippen molar-refractivity contribution >= 4 is 39.6 Å². The number of aromatic nitrogens is 2. The molecule has 2 aromatic heterocycles. The topological polar surface area (TPSA) is 50.2 Å². The van der Waals surface area contributed by atoms with Crippen LogP contribution in [0.2, 0.25) is 0 Å². The van der Waals surface area contributed by atoms with Gasteiger partial charge in [0.2, 0.25) is 0 Å². The Morgan fingerprint density at radius 3 is 2.72 bits per heavy atom. The molecule has 0 amide bonds. The van der Waals surface area contributed by atoms with Crippen LogP contribution in [0.5, 0.6) is 0 Å². The average molecular weight is 395 g/mol. The molecule has 0 spiro atoms. The Morgan fingerprint density at radius 2 is 1.79 bits per heavy atom. The molecule has 0 atom stereocenters. The maximum Gasteiger partial charge on any atom is 0.166 e. The first kappa shape index (κ1) is 17.6. The van der Waals surface area contributed by atoms with Crippen LogP contribution >= 0.6 is 11.8 Å². The van der Waals surface area contributed by atoms with Crippen LogP contribution in [-0.4, -0.2) is 21.7 Å². The SMILES string of the molecule is C(=C1\CN=C(Nc2ccccc2-c2ccncc2)S1)/c1ccc2ncccc2c1. The minimum Gasteiger partial charge on any atom is -0.334 e. The largest absolute Gasteiger partial charge is 0.334 e. The van der Waals surface area contributed by atoms with E-state index in [9.17, 15) is 0 Å². The van der Waals surface area contributed by atoms with E-state index in [-0.39, 0.29) is 0 Å². The molecule has 5 rings (SSSR count). The lowest BCUT2D eigenvalue weighted by atomic mass is 10.1. The van der Waals surface area contributed by atoms with Crippen LogP contribution in [0.4, 0.5) is 5.69 Å². The zero-order valence-electron chi connectivity index (χ0n) is 15.6. The Kier molecular flexibility index (Phi) is 4.80. The van der Waals surface area contributed by atoms with Crippen LogP contribution in [0.25, 0.3) is 28.1 Å². The van der Waals surface area contributed by atoms with Crippen molar-refractivity contribution in [2.24, 2.45) is 4.99 Å². The van der Waals surface area contributed by atoms with E-state index in [1.54, 1.807) is 11.8 Å². The number of aliphatic imine (C=N–C) groups is 1. The monoisotopic (exact) mass is 394 g/mol. The average Bonchev–Trinajstić information content (AvgIpc) is 3.21. The fourth-order valence-corrected chi connectivity index (χ4v) is 4.20. The number of pyridine rings is 2. The van der Waals surface area contributed by atoms with E-state index in [1.165, 1.54) is 10.5 Å². The van der Waals surface area contributed by atoms with Gasteiger partial charge in [0.05, 0.1) is 12.1 Å². The predicted molar refractivity (Wildman–Crippen MR) is 123 cm³/mol. The summed E-state index contributed by atoms with van der Waals surface area (Å²) in [5.41, 5.74) is 5.49. The Labute approximate surface area is 173 Å². The van der Waals surface area contributed by atoms with Gasteiger partial charge in [-0.3, -0.25) is 15.0 Å². The van der Waals surface area contributed by atoms with E-state index in [4.69, 9.17) is 0 Å². The summed E-state index contributed by atoms with van der Waals surface area (Å²) in [5.74, 6) is 0. The highest BCUT2D eigenvalue weighted by Crippen LogP contribution is 2.32. The molecular formula is C24H18N4S. The molecule has 1 aliphatic rings. The molecule has 4 aromatic rings. The Morgan fingerprint density at radius 1 is 0.897 bits per heavy atom. The number of fused-ring (bicyclic) bond motifs is 1. The number of nitrogens with one attached hydrogen (secondary N) is 1. The number of anilines is 1. The van der Waals surface area contributed by atoms with E-state index in [0.29, 0.717) is 6.54 Å². The van der Waals surface area contributed by atoms with Crippen molar-refractivity contribution in [1.29, 1.82) is 0 Å². The normalized spacial score (nSPS) is 14.9. The van der Waals surface area contributed by atoms with Gasteiger partial charge in [-0.2, -0.15) is 0 Å².